The van der Waals surface area contributed by atoms with E-state index in [9.17, 15) is 9.59 Å². The standard InChI is InChI=1S/C11H8N2O3/c12-10(15)11-13-6-8(16-11)9(14)7-4-2-1-3-5-7/h1-6H,(H2,12,15). The Bertz CT molecular complexity index is 531. The largest absolute Gasteiger partial charge is 0.429 e. The molecule has 0 saturated heterocycles. The maximum Gasteiger partial charge on any atom is 0.304 e. The lowest BCUT2D eigenvalue weighted by Gasteiger charge is -1.95. The number of hydrogen-bond acceptors (Lipinski definition) is 4. The quantitative estimate of drug-likeness (QED) is 0.775. The van der Waals surface area contributed by atoms with Crippen molar-refractivity contribution in [2.24, 2.45) is 5.73 Å². The molecule has 0 spiro atoms. The molecule has 0 saturated carbocycles. The molecule has 2 rings (SSSR count). The van der Waals surface area contributed by atoms with Crippen LogP contribution in [0.4, 0.5) is 0 Å². The van der Waals surface area contributed by atoms with E-state index in [1.54, 1.807) is 30.3 Å². The number of rotatable bonds is 3. The third-order valence-electron chi connectivity index (χ3n) is 1.98. The summed E-state index contributed by atoms with van der Waals surface area (Å²) < 4.78 is 4.93. The Morgan fingerprint density at radius 2 is 1.88 bits per heavy atom. The van der Waals surface area contributed by atoms with Crippen LogP contribution in [0.3, 0.4) is 0 Å². The van der Waals surface area contributed by atoms with E-state index in [-0.39, 0.29) is 17.4 Å². The molecule has 1 aromatic heterocycles. The fourth-order valence-corrected chi connectivity index (χ4v) is 1.22. The molecule has 80 valence electrons. The minimum absolute atomic E-state index is 0.000000000000000222. The Balaban J connectivity index is 2.31. The summed E-state index contributed by atoms with van der Waals surface area (Å²) >= 11 is 0. The second-order valence-corrected chi connectivity index (χ2v) is 3.09. The summed E-state index contributed by atoms with van der Waals surface area (Å²) in [4.78, 5) is 26.1. The smallest absolute Gasteiger partial charge is 0.304 e. The highest BCUT2D eigenvalue weighted by Crippen LogP contribution is 2.10. The molecule has 0 bridgehead atoms. The predicted molar refractivity (Wildman–Crippen MR) is 54.9 cm³/mol. The van der Waals surface area contributed by atoms with Crippen molar-refractivity contribution in [1.82, 2.24) is 4.98 Å². The van der Waals surface area contributed by atoms with Crippen molar-refractivity contribution in [3.05, 3.63) is 53.7 Å². The molecular weight excluding hydrogens is 208 g/mol. The number of ketones is 1. The first-order chi connectivity index (χ1) is 7.68. The molecule has 1 heterocycles. The average Bonchev–Trinajstić information content (AvgIpc) is 2.78. The molecule has 0 radical (unpaired) electrons. The summed E-state index contributed by atoms with van der Waals surface area (Å²) in [5.41, 5.74) is 5.43. The molecule has 0 atom stereocenters. The van der Waals surface area contributed by atoms with Gasteiger partial charge in [0.25, 0.3) is 5.89 Å². The highest BCUT2D eigenvalue weighted by atomic mass is 16.4. The minimum atomic E-state index is -0.799. The third-order valence-corrected chi connectivity index (χ3v) is 1.98. The van der Waals surface area contributed by atoms with Gasteiger partial charge in [0, 0.05) is 5.56 Å². The van der Waals surface area contributed by atoms with Crippen molar-refractivity contribution >= 4 is 11.7 Å². The molecule has 0 fully saturated rings. The number of carbonyl (C=O) groups excluding carboxylic acids is 2. The topological polar surface area (TPSA) is 86.2 Å². The second-order valence-electron chi connectivity index (χ2n) is 3.09. The maximum absolute atomic E-state index is 11.8. The van der Waals surface area contributed by atoms with Crippen LogP contribution in [0, 0.1) is 0 Å². The monoisotopic (exact) mass is 216 g/mol. The van der Waals surface area contributed by atoms with Gasteiger partial charge in [0.1, 0.15) is 0 Å². The van der Waals surface area contributed by atoms with E-state index in [4.69, 9.17) is 10.2 Å². The van der Waals surface area contributed by atoms with Gasteiger partial charge in [0.05, 0.1) is 6.20 Å². The summed E-state index contributed by atoms with van der Waals surface area (Å²) in [5.74, 6) is -1.40. The summed E-state index contributed by atoms with van der Waals surface area (Å²) in [6.45, 7) is 0. The second kappa shape index (κ2) is 3.98. The van der Waals surface area contributed by atoms with Gasteiger partial charge in [-0.2, -0.15) is 0 Å². The van der Waals surface area contributed by atoms with Gasteiger partial charge in [-0.05, 0) is 0 Å². The molecule has 0 aliphatic rings. The first-order valence-electron chi connectivity index (χ1n) is 4.54. The lowest BCUT2D eigenvalue weighted by molar-refractivity contribution is 0.0957. The Hall–Kier alpha value is -2.43. The van der Waals surface area contributed by atoms with Gasteiger partial charge in [-0.1, -0.05) is 30.3 Å². The summed E-state index contributed by atoms with van der Waals surface area (Å²) in [6, 6.07) is 8.56. The van der Waals surface area contributed by atoms with E-state index >= 15 is 0 Å². The van der Waals surface area contributed by atoms with E-state index in [2.05, 4.69) is 4.98 Å². The van der Waals surface area contributed by atoms with Crippen molar-refractivity contribution < 1.29 is 14.0 Å². The van der Waals surface area contributed by atoms with E-state index < -0.39 is 5.91 Å². The van der Waals surface area contributed by atoms with Gasteiger partial charge in [-0.3, -0.25) is 9.59 Å². The Kier molecular flexibility index (Phi) is 2.51. The van der Waals surface area contributed by atoms with Gasteiger partial charge < -0.3 is 10.2 Å². The van der Waals surface area contributed by atoms with E-state index in [1.807, 2.05) is 0 Å². The summed E-state index contributed by atoms with van der Waals surface area (Å²) in [6.07, 6.45) is 1.19. The van der Waals surface area contributed by atoms with E-state index in [1.165, 1.54) is 6.20 Å². The fourth-order valence-electron chi connectivity index (χ4n) is 1.22. The van der Waals surface area contributed by atoms with Gasteiger partial charge >= 0.3 is 5.91 Å². The third kappa shape index (κ3) is 1.83. The number of hydrogen-bond donors (Lipinski definition) is 1. The normalized spacial score (nSPS) is 10.0. The lowest BCUT2D eigenvalue weighted by Crippen LogP contribution is -2.10. The number of nitrogens with zero attached hydrogens (tertiary/aromatic N) is 1. The Morgan fingerprint density at radius 1 is 1.19 bits per heavy atom. The molecule has 1 aromatic carbocycles. The van der Waals surface area contributed by atoms with Crippen molar-refractivity contribution in [3.8, 4) is 0 Å². The molecular formula is C11H8N2O3. The number of oxazole rings is 1. The molecule has 5 nitrogen and oxygen atoms in total. The number of primary amides is 1. The van der Waals surface area contributed by atoms with Crippen LogP contribution in [0.5, 0.6) is 0 Å². The highest BCUT2D eigenvalue weighted by molar-refractivity contribution is 6.07. The van der Waals surface area contributed by atoms with Crippen LogP contribution in [0.15, 0.2) is 40.9 Å². The van der Waals surface area contributed by atoms with Crippen molar-refractivity contribution in [3.63, 3.8) is 0 Å². The van der Waals surface area contributed by atoms with Crippen LogP contribution < -0.4 is 5.73 Å². The zero-order valence-electron chi connectivity index (χ0n) is 8.21. The number of carbonyl (C=O) groups is 2. The van der Waals surface area contributed by atoms with Crippen molar-refractivity contribution in [2.75, 3.05) is 0 Å². The van der Waals surface area contributed by atoms with Crippen LogP contribution in [0.25, 0.3) is 0 Å². The molecule has 2 N–H and O–H groups in total. The van der Waals surface area contributed by atoms with Gasteiger partial charge in [-0.25, -0.2) is 4.98 Å². The van der Waals surface area contributed by atoms with Crippen LogP contribution in [-0.2, 0) is 0 Å². The van der Waals surface area contributed by atoms with Crippen LogP contribution >= 0.6 is 0 Å². The minimum Gasteiger partial charge on any atom is -0.429 e. The molecule has 5 heteroatoms. The molecule has 16 heavy (non-hydrogen) atoms. The molecule has 1 amide bonds. The molecule has 0 aliphatic carbocycles. The predicted octanol–water partition coefficient (Wildman–Crippen LogP) is 1.00. The summed E-state index contributed by atoms with van der Waals surface area (Å²) in [5, 5.41) is 0. The van der Waals surface area contributed by atoms with Crippen LogP contribution in [-0.4, -0.2) is 16.7 Å². The van der Waals surface area contributed by atoms with E-state index in [0.717, 1.165) is 0 Å². The number of amides is 1. The van der Waals surface area contributed by atoms with Crippen LogP contribution in [0.1, 0.15) is 26.8 Å². The van der Waals surface area contributed by atoms with Gasteiger partial charge in [0.2, 0.25) is 5.78 Å². The Morgan fingerprint density at radius 3 is 2.44 bits per heavy atom. The lowest BCUT2D eigenvalue weighted by atomic mass is 10.1. The molecule has 2 aromatic rings. The zero-order chi connectivity index (χ0) is 11.5. The van der Waals surface area contributed by atoms with Crippen LogP contribution in [0.2, 0.25) is 0 Å². The maximum atomic E-state index is 11.8. The first-order valence-corrected chi connectivity index (χ1v) is 4.54. The first kappa shape index (κ1) is 10.1. The van der Waals surface area contributed by atoms with Crippen molar-refractivity contribution in [2.45, 2.75) is 0 Å². The van der Waals surface area contributed by atoms with Gasteiger partial charge in [-0.15, -0.1) is 0 Å². The highest BCUT2D eigenvalue weighted by Gasteiger charge is 2.16. The fraction of sp³-hybridized carbons (Fsp3) is 0. The van der Waals surface area contributed by atoms with Crippen molar-refractivity contribution in [1.29, 1.82) is 0 Å². The zero-order valence-corrected chi connectivity index (χ0v) is 8.21. The number of benzene rings is 1. The van der Waals surface area contributed by atoms with Gasteiger partial charge in [0.15, 0.2) is 5.76 Å². The molecule has 0 unspecified atom stereocenters. The number of nitrogens with two attached hydrogens (primary N) is 1. The number of aromatic nitrogens is 1. The summed E-state index contributed by atoms with van der Waals surface area (Å²) in [7, 11) is 0. The molecule has 0 aliphatic heterocycles. The Labute approximate surface area is 90.9 Å². The average molecular weight is 216 g/mol. The van der Waals surface area contributed by atoms with E-state index in [0.29, 0.717) is 5.56 Å². The SMILES string of the molecule is NC(=O)c1ncc(C(=O)c2ccccc2)o1.